The Labute approximate surface area is 183 Å². The average Bonchev–Trinajstić information content (AvgIpc) is 3.28. The minimum Gasteiger partial charge on any atom is -0.340 e. The summed E-state index contributed by atoms with van der Waals surface area (Å²) in [4.78, 5) is 30.5. The minimum absolute atomic E-state index is 0.0696. The molecular weight excluding hydrogens is 416 g/mol. The van der Waals surface area contributed by atoms with E-state index in [1.807, 2.05) is 6.92 Å². The number of amides is 1. The van der Waals surface area contributed by atoms with E-state index in [9.17, 15) is 13.2 Å². The van der Waals surface area contributed by atoms with Crippen LogP contribution in [0.15, 0.2) is 24.7 Å². The van der Waals surface area contributed by atoms with E-state index in [4.69, 9.17) is 4.98 Å². The molecule has 1 atom stereocenters. The number of likely N-dealkylation sites (N-methyl/N-ethyl adjacent to an activating group) is 1. The molecule has 1 aliphatic heterocycles. The number of carbonyl (C=O) groups is 1. The van der Waals surface area contributed by atoms with Gasteiger partial charge in [-0.25, -0.2) is 23.1 Å². The van der Waals surface area contributed by atoms with Gasteiger partial charge in [0.25, 0.3) is 0 Å². The molecule has 0 saturated heterocycles. The van der Waals surface area contributed by atoms with Gasteiger partial charge in [0.1, 0.15) is 11.7 Å². The Morgan fingerprint density at radius 2 is 1.97 bits per heavy atom. The Morgan fingerprint density at radius 1 is 1.23 bits per heavy atom. The standard InChI is InChI=1S/C21H28N6O3S/c1-4-17-21(28)26(2)18-13-23-19(25-20(18)27(17)15-7-5-6-8-15)16-9-10-22-11-14(16)12-24-31(3,29)30/h9-11,13,15,17,24H,4-8,12H2,1-3H3/t17-/m1/s1. The first-order valence-electron chi connectivity index (χ1n) is 10.6. The zero-order chi connectivity index (χ0) is 22.2. The third kappa shape index (κ3) is 4.27. The maximum Gasteiger partial charge on any atom is 0.249 e. The first kappa shape index (κ1) is 21.6. The molecule has 31 heavy (non-hydrogen) atoms. The molecule has 1 aliphatic carbocycles. The van der Waals surface area contributed by atoms with E-state index in [-0.39, 0.29) is 24.5 Å². The van der Waals surface area contributed by atoms with Crippen molar-refractivity contribution in [2.24, 2.45) is 0 Å². The van der Waals surface area contributed by atoms with Crippen LogP contribution >= 0.6 is 0 Å². The summed E-state index contributed by atoms with van der Waals surface area (Å²) in [6.45, 7) is 2.13. The highest BCUT2D eigenvalue weighted by molar-refractivity contribution is 7.88. The predicted molar refractivity (Wildman–Crippen MR) is 119 cm³/mol. The summed E-state index contributed by atoms with van der Waals surface area (Å²) in [6, 6.07) is 1.83. The van der Waals surface area contributed by atoms with Crippen molar-refractivity contribution in [3.8, 4) is 11.4 Å². The van der Waals surface area contributed by atoms with Gasteiger partial charge in [-0.3, -0.25) is 9.78 Å². The Hall–Kier alpha value is -2.59. The van der Waals surface area contributed by atoms with Crippen LogP contribution in [0.2, 0.25) is 0 Å². The fraction of sp³-hybridized carbons (Fsp3) is 0.524. The molecule has 0 aromatic carbocycles. The number of nitrogens with one attached hydrogen (secondary N) is 1. The van der Waals surface area contributed by atoms with Crippen LogP contribution in [-0.2, 0) is 21.4 Å². The number of carbonyl (C=O) groups excluding carboxylic acids is 1. The second kappa shape index (κ2) is 8.51. The first-order chi connectivity index (χ1) is 14.8. The Balaban J connectivity index is 1.79. The molecule has 4 rings (SSSR count). The van der Waals surface area contributed by atoms with E-state index in [1.165, 1.54) is 0 Å². The zero-order valence-electron chi connectivity index (χ0n) is 18.1. The zero-order valence-corrected chi connectivity index (χ0v) is 18.9. The summed E-state index contributed by atoms with van der Waals surface area (Å²) in [5, 5.41) is 0. The maximum absolute atomic E-state index is 13.0. The van der Waals surface area contributed by atoms with Gasteiger partial charge in [-0.05, 0) is 30.9 Å². The van der Waals surface area contributed by atoms with Crippen molar-refractivity contribution in [2.45, 2.75) is 57.7 Å². The van der Waals surface area contributed by atoms with Gasteiger partial charge in [-0.15, -0.1) is 0 Å². The first-order valence-corrected chi connectivity index (χ1v) is 12.5. The Kier molecular flexibility index (Phi) is 5.94. The molecule has 2 aromatic heterocycles. The number of aromatic nitrogens is 3. The second-order valence-corrected chi connectivity index (χ2v) is 10.0. The summed E-state index contributed by atoms with van der Waals surface area (Å²) < 4.78 is 25.6. The van der Waals surface area contributed by atoms with Crippen LogP contribution in [0.1, 0.15) is 44.6 Å². The molecule has 9 nitrogen and oxygen atoms in total. The lowest BCUT2D eigenvalue weighted by Crippen LogP contribution is -2.55. The number of anilines is 2. The summed E-state index contributed by atoms with van der Waals surface area (Å²) in [6.07, 6.45) is 11.2. The lowest BCUT2D eigenvalue weighted by atomic mass is 10.0. The van der Waals surface area contributed by atoms with Crippen molar-refractivity contribution in [3.05, 3.63) is 30.2 Å². The molecule has 2 aliphatic rings. The summed E-state index contributed by atoms with van der Waals surface area (Å²) in [5.41, 5.74) is 2.11. The van der Waals surface area contributed by atoms with E-state index in [0.29, 0.717) is 29.1 Å². The van der Waals surface area contributed by atoms with E-state index in [0.717, 1.165) is 37.8 Å². The van der Waals surface area contributed by atoms with Crippen LogP contribution in [0, 0.1) is 0 Å². The molecule has 2 aromatic rings. The van der Waals surface area contributed by atoms with Crippen LogP contribution in [0.25, 0.3) is 11.4 Å². The Bertz CT molecular complexity index is 1080. The molecule has 0 bridgehead atoms. The van der Waals surface area contributed by atoms with Crippen molar-refractivity contribution in [1.82, 2.24) is 19.7 Å². The molecule has 0 unspecified atom stereocenters. The van der Waals surface area contributed by atoms with Crippen molar-refractivity contribution in [1.29, 1.82) is 0 Å². The van der Waals surface area contributed by atoms with Gasteiger partial charge in [-0.2, -0.15) is 0 Å². The third-order valence-corrected chi connectivity index (χ3v) is 6.75. The van der Waals surface area contributed by atoms with Crippen molar-refractivity contribution < 1.29 is 13.2 Å². The van der Waals surface area contributed by atoms with Crippen LogP contribution in [0.3, 0.4) is 0 Å². The SMILES string of the molecule is CC[C@@H]1C(=O)N(C)c2cnc(-c3ccncc3CNS(C)(=O)=O)nc2N1C1CCCC1. The fourth-order valence-corrected chi connectivity index (χ4v) is 4.93. The second-order valence-electron chi connectivity index (χ2n) is 8.20. The molecule has 1 N–H and O–H groups in total. The highest BCUT2D eigenvalue weighted by atomic mass is 32.2. The fourth-order valence-electron chi connectivity index (χ4n) is 4.51. The monoisotopic (exact) mass is 444 g/mol. The molecule has 3 heterocycles. The molecule has 1 saturated carbocycles. The Morgan fingerprint density at radius 3 is 2.65 bits per heavy atom. The lowest BCUT2D eigenvalue weighted by Gasteiger charge is -2.43. The molecular formula is C21H28N6O3S. The van der Waals surface area contributed by atoms with Gasteiger partial charge < -0.3 is 9.80 Å². The van der Waals surface area contributed by atoms with Crippen LogP contribution < -0.4 is 14.5 Å². The largest absolute Gasteiger partial charge is 0.340 e. The maximum atomic E-state index is 13.0. The molecule has 1 amide bonds. The van der Waals surface area contributed by atoms with Gasteiger partial charge in [0.05, 0.1) is 12.5 Å². The van der Waals surface area contributed by atoms with Crippen molar-refractivity contribution >= 4 is 27.4 Å². The summed E-state index contributed by atoms with van der Waals surface area (Å²) >= 11 is 0. The normalized spacial score (nSPS) is 19.7. The highest BCUT2D eigenvalue weighted by Gasteiger charge is 2.41. The van der Waals surface area contributed by atoms with Gasteiger partial charge in [0.15, 0.2) is 11.6 Å². The predicted octanol–water partition coefficient (Wildman–Crippen LogP) is 2.09. The summed E-state index contributed by atoms with van der Waals surface area (Å²) in [5.74, 6) is 1.33. The smallest absolute Gasteiger partial charge is 0.249 e. The lowest BCUT2D eigenvalue weighted by molar-refractivity contribution is -0.120. The van der Waals surface area contributed by atoms with Gasteiger partial charge >= 0.3 is 0 Å². The molecule has 0 spiro atoms. The summed E-state index contributed by atoms with van der Waals surface area (Å²) in [7, 11) is -1.58. The van der Waals surface area contributed by atoms with Crippen LogP contribution in [0.5, 0.6) is 0 Å². The number of nitrogens with zero attached hydrogens (tertiary/aromatic N) is 5. The van der Waals surface area contributed by atoms with Crippen molar-refractivity contribution in [3.63, 3.8) is 0 Å². The number of pyridine rings is 1. The number of sulfonamides is 1. The number of hydrogen-bond acceptors (Lipinski definition) is 7. The number of rotatable bonds is 6. The molecule has 0 radical (unpaired) electrons. The highest BCUT2D eigenvalue weighted by Crippen LogP contribution is 2.40. The molecule has 10 heteroatoms. The van der Waals surface area contributed by atoms with Crippen LogP contribution in [-0.4, -0.2) is 54.7 Å². The van der Waals surface area contributed by atoms with Crippen molar-refractivity contribution in [2.75, 3.05) is 23.1 Å². The van der Waals surface area contributed by atoms with E-state index in [1.54, 1.807) is 36.6 Å². The van der Waals surface area contributed by atoms with Gasteiger partial charge in [0, 0.05) is 37.6 Å². The topological polar surface area (TPSA) is 108 Å². The van der Waals surface area contributed by atoms with Gasteiger partial charge in [-0.1, -0.05) is 19.8 Å². The average molecular weight is 445 g/mol. The van der Waals surface area contributed by atoms with E-state index in [2.05, 4.69) is 19.6 Å². The van der Waals surface area contributed by atoms with Gasteiger partial charge in [0.2, 0.25) is 15.9 Å². The third-order valence-electron chi connectivity index (χ3n) is 6.08. The van der Waals surface area contributed by atoms with Crippen LogP contribution in [0.4, 0.5) is 11.5 Å². The quantitative estimate of drug-likeness (QED) is 0.727. The van der Waals surface area contributed by atoms with E-state index < -0.39 is 10.0 Å². The minimum atomic E-state index is -3.35. The number of hydrogen-bond donors (Lipinski definition) is 1. The number of fused-ring (bicyclic) bond motifs is 1. The molecule has 1 fully saturated rings. The molecule has 166 valence electrons. The van der Waals surface area contributed by atoms with E-state index >= 15 is 0 Å².